The van der Waals surface area contributed by atoms with Gasteiger partial charge in [0.2, 0.25) is 0 Å². The lowest BCUT2D eigenvalue weighted by Crippen LogP contribution is -2.39. The van der Waals surface area contributed by atoms with Crippen LogP contribution < -0.4 is 0 Å². The van der Waals surface area contributed by atoms with Crippen molar-refractivity contribution in [3.05, 3.63) is 0 Å². The van der Waals surface area contributed by atoms with Gasteiger partial charge in [0.1, 0.15) is 0 Å². The number of hydrogen-bond donors (Lipinski definition) is 0. The Morgan fingerprint density at radius 2 is 1.87 bits per heavy atom. The van der Waals surface area contributed by atoms with E-state index in [1.54, 1.807) is 7.05 Å². The van der Waals surface area contributed by atoms with Gasteiger partial charge in [0, 0.05) is 24.3 Å². The fourth-order valence-corrected chi connectivity index (χ4v) is 3.70. The van der Waals surface area contributed by atoms with Crippen LogP contribution >= 0.6 is 10.7 Å². The summed E-state index contributed by atoms with van der Waals surface area (Å²) >= 11 is 0. The van der Waals surface area contributed by atoms with E-state index >= 15 is 0 Å². The molecule has 1 unspecified atom stereocenters. The van der Waals surface area contributed by atoms with Crippen LogP contribution in [0.4, 0.5) is 0 Å². The highest BCUT2D eigenvalue weighted by molar-refractivity contribution is 8.11. The Morgan fingerprint density at radius 1 is 1.27 bits per heavy atom. The van der Waals surface area contributed by atoms with E-state index in [4.69, 9.17) is 10.7 Å². The van der Waals surface area contributed by atoms with Gasteiger partial charge in [-0.15, -0.1) is 0 Å². The van der Waals surface area contributed by atoms with Gasteiger partial charge >= 0.3 is 0 Å². The van der Waals surface area contributed by atoms with E-state index in [9.17, 15) is 8.42 Å². The van der Waals surface area contributed by atoms with Crippen LogP contribution in [0.25, 0.3) is 0 Å². The lowest BCUT2D eigenvalue weighted by atomic mass is 9.65. The summed E-state index contributed by atoms with van der Waals surface area (Å²) in [5.41, 5.74) is 0. The molecule has 1 atom stereocenters. The normalized spacial score (nSPS) is 36.1. The standard InChI is InChI=1S/C10H18ClNO2S/c1-12(15(11,13)14)7-10-6-8-2-4-9(10)5-3-8/h8-10H,2-7H2,1H3. The second-order valence-corrected chi connectivity index (χ2v) is 7.62. The summed E-state index contributed by atoms with van der Waals surface area (Å²) in [7, 11) is 3.36. The monoisotopic (exact) mass is 251 g/mol. The minimum absolute atomic E-state index is 0.538. The summed E-state index contributed by atoms with van der Waals surface area (Å²) in [5, 5.41) is 0. The van der Waals surface area contributed by atoms with E-state index in [0.29, 0.717) is 12.5 Å². The van der Waals surface area contributed by atoms with Crippen molar-refractivity contribution in [1.82, 2.24) is 4.31 Å². The molecule has 15 heavy (non-hydrogen) atoms. The van der Waals surface area contributed by atoms with Crippen LogP contribution in [0, 0.1) is 17.8 Å². The Kier molecular flexibility index (Phi) is 3.29. The van der Waals surface area contributed by atoms with Crippen molar-refractivity contribution >= 4 is 19.9 Å². The lowest BCUT2D eigenvalue weighted by molar-refractivity contribution is 0.0883. The second kappa shape index (κ2) is 4.22. The molecule has 0 N–H and O–H groups in total. The highest BCUT2D eigenvalue weighted by Gasteiger charge is 2.36. The number of halogens is 1. The Hall–Kier alpha value is 0.200. The zero-order valence-corrected chi connectivity index (χ0v) is 10.6. The van der Waals surface area contributed by atoms with E-state index < -0.39 is 9.24 Å². The molecule has 0 amide bonds. The Morgan fingerprint density at radius 3 is 2.27 bits per heavy atom. The van der Waals surface area contributed by atoms with E-state index in [-0.39, 0.29) is 0 Å². The molecule has 0 aromatic rings. The second-order valence-electron chi connectivity index (χ2n) is 5.00. The van der Waals surface area contributed by atoms with Crippen LogP contribution in [-0.2, 0) is 9.24 Å². The van der Waals surface area contributed by atoms with Gasteiger partial charge in [-0.2, -0.15) is 12.7 Å². The predicted molar refractivity (Wildman–Crippen MR) is 61.0 cm³/mol. The lowest BCUT2D eigenvalue weighted by Gasteiger charge is -2.43. The molecule has 3 saturated carbocycles. The average molecular weight is 252 g/mol. The molecule has 88 valence electrons. The highest BCUT2D eigenvalue weighted by atomic mass is 35.7. The van der Waals surface area contributed by atoms with E-state index in [2.05, 4.69) is 0 Å². The molecule has 0 aromatic carbocycles. The summed E-state index contributed by atoms with van der Waals surface area (Å²) in [6.45, 7) is 0.604. The van der Waals surface area contributed by atoms with Crippen LogP contribution in [0.5, 0.6) is 0 Å². The summed E-state index contributed by atoms with van der Waals surface area (Å²) in [4.78, 5) is 0. The third-order valence-electron chi connectivity index (χ3n) is 4.06. The maximum atomic E-state index is 11.1. The first-order valence-electron chi connectivity index (χ1n) is 5.62. The molecule has 0 heterocycles. The first kappa shape index (κ1) is 11.7. The van der Waals surface area contributed by atoms with Crippen molar-refractivity contribution in [2.75, 3.05) is 13.6 Å². The van der Waals surface area contributed by atoms with Crippen LogP contribution in [-0.4, -0.2) is 26.3 Å². The van der Waals surface area contributed by atoms with Crippen LogP contribution in [0.2, 0.25) is 0 Å². The van der Waals surface area contributed by atoms with Gasteiger partial charge < -0.3 is 0 Å². The van der Waals surface area contributed by atoms with Crippen LogP contribution in [0.3, 0.4) is 0 Å². The molecule has 3 fully saturated rings. The van der Waals surface area contributed by atoms with E-state index in [0.717, 1.165) is 11.8 Å². The third kappa shape index (κ3) is 2.66. The smallest absolute Gasteiger partial charge is 0.195 e. The molecule has 3 nitrogen and oxygen atoms in total. The zero-order valence-electron chi connectivity index (χ0n) is 9.02. The summed E-state index contributed by atoms with van der Waals surface area (Å²) in [6, 6.07) is 0. The fourth-order valence-electron chi connectivity index (χ4n) is 3.16. The van der Waals surface area contributed by atoms with Gasteiger partial charge in [-0.25, -0.2) is 0 Å². The van der Waals surface area contributed by atoms with Gasteiger partial charge in [-0.3, -0.25) is 0 Å². The quantitative estimate of drug-likeness (QED) is 0.722. The van der Waals surface area contributed by atoms with Crippen molar-refractivity contribution < 1.29 is 8.42 Å². The highest BCUT2D eigenvalue weighted by Crippen LogP contribution is 2.45. The summed E-state index contributed by atoms with van der Waals surface area (Å²) < 4.78 is 23.5. The van der Waals surface area contributed by atoms with Crippen molar-refractivity contribution in [3.63, 3.8) is 0 Å². The van der Waals surface area contributed by atoms with Crippen molar-refractivity contribution in [3.8, 4) is 0 Å². The van der Waals surface area contributed by atoms with Crippen molar-refractivity contribution in [1.29, 1.82) is 0 Å². The largest absolute Gasteiger partial charge is 0.299 e. The molecule has 5 heteroatoms. The molecule has 2 bridgehead atoms. The Labute approximate surface area is 96.3 Å². The Bertz CT molecular complexity index is 322. The summed E-state index contributed by atoms with van der Waals surface area (Å²) in [5.74, 6) is 2.11. The number of rotatable bonds is 3. The van der Waals surface area contributed by atoms with Gasteiger partial charge in [-0.05, 0) is 37.0 Å². The fraction of sp³-hybridized carbons (Fsp3) is 1.00. The average Bonchev–Trinajstić information content (AvgIpc) is 2.18. The molecule has 0 saturated heterocycles. The third-order valence-corrected chi connectivity index (χ3v) is 5.66. The van der Waals surface area contributed by atoms with Crippen molar-refractivity contribution in [2.24, 2.45) is 17.8 Å². The van der Waals surface area contributed by atoms with Crippen LogP contribution in [0.15, 0.2) is 0 Å². The molecule has 3 rings (SSSR count). The predicted octanol–water partition coefficient (Wildman–Crippen LogP) is 2.23. The maximum Gasteiger partial charge on any atom is 0.299 e. The minimum Gasteiger partial charge on any atom is -0.195 e. The first-order chi connectivity index (χ1) is 6.97. The first-order valence-corrected chi connectivity index (χ1v) is 7.89. The molecule has 0 aliphatic heterocycles. The van der Waals surface area contributed by atoms with Crippen LogP contribution in [0.1, 0.15) is 32.1 Å². The van der Waals surface area contributed by atoms with Gasteiger partial charge in [0.05, 0.1) is 0 Å². The molecule has 0 spiro atoms. The Balaban J connectivity index is 1.96. The van der Waals surface area contributed by atoms with Gasteiger partial charge in [0.15, 0.2) is 0 Å². The summed E-state index contributed by atoms with van der Waals surface area (Å²) in [6.07, 6.45) is 6.45. The zero-order chi connectivity index (χ0) is 11.1. The maximum absolute atomic E-state index is 11.1. The SMILES string of the molecule is CN(CC1CC2CCC1CC2)S(=O)(=O)Cl. The molecule has 3 aliphatic carbocycles. The molecular formula is C10H18ClNO2S. The topological polar surface area (TPSA) is 37.4 Å². The molecule has 0 radical (unpaired) electrons. The number of hydrogen-bond acceptors (Lipinski definition) is 2. The minimum atomic E-state index is -3.51. The molecule has 0 aromatic heterocycles. The molecular weight excluding hydrogens is 234 g/mol. The molecule has 3 aliphatic rings. The number of nitrogens with zero attached hydrogens (tertiary/aromatic N) is 1. The van der Waals surface area contributed by atoms with Crippen molar-refractivity contribution in [2.45, 2.75) is 32.1 Å². The van der Waals surface area contributed by atoms with E-state index in [1.165, 1.54) is 36.4 Å². The van der Waals surface area contributed by atoms with Gasteiger partial charge in [0.25, 0.3) is 9.24 Å². The van der Waals surface area contributed by atoms with E-state index in [1.807, 2.05) is 0 Å². The van der Waals surface area contributed by atoms with Gasteiger partial charge in [-0.1, -0.05) is 12.8 Å². The number of fused-ring (bicyclic) bond motifs is 3.